The van der Waals surface area contributed by atoms with Gasteiger partial charge in [-0.25, -0.2) is 14.8 Å². The molecule has 2 heterocycles. The van der Waals surface area contributed by atoms with E-state index in [1.54, 1.807) is 18.2 Å². The molecule has 6 heteroatoms. The van der Waals surface area contributed by atoms with Crippen LogP contribution in [0, 0.1) is 19.8 Å². The summed E-state index contributed by atoms with van der Waals surface area (Å²) >= 11 is 0. The highest BCUT2D eigenvalue weighted by Gasteiger charge is 2.35. The first-order chi connectivity index (χ1) is 13.5. The number of carbonyl (C=O) groups is 2. The van der Waals surface area contributed by atoms with Gasteiger partial charge < -0.3 is 9.64 Å². The summed E-state index contributed by atoms with van der Waals surface area (Å²) in [4.78, 5) is 36.1. The van der Waals surface area contributed by atoms with Crippen LogP contribution >= 0.6 is 0 Å². The van der Waals surface area contributed by atoms with Gasteiger partial charge in [-0.2, -0.15) is 0 Å². The largest absolute Gasteiger partial charge is 0.452 e. The molecule has 148 valence electrons. The molecule has 0 radical (unpaired) electrons. The Morgan fingerprint density at radius 2 is 1.75 bits per heavy atom. The summed E-state index contributed by atoms with van der Waals surface area (Å²) in [5, 5.41) is 0. The van der Waals surface area contributed by atoms with Crippen LogP contribution in [0.2, 0.25) is 0 Å². The molecule has 28 heavy (non-hydrogen) atoms. The number of benzene rings is 1. The Morgan fingerprint density at radius 3 is 2.57 bits per heavy atom. The lowest BCUT2D eigenvalue weighted by Crippen LogP contribution is -2.50. The van der Waals surface area contributed by atoms with E-state index in [0.29, 0.717) is 23.0 Å². The fourth-order valence-electron chi connectivity index (χ4n) is 4.59. The van der Waals surface area contributed by atoms with Gasteiger partial charge in [0.05, 0.1) is 28.0 Å². The Bertz CT molecular complexity index is 909. The SMILES string of the molecule is Cc1nc2ccc(C(=O)OCC(=O)N3CCC[C@H]4CCCC[C@@H]43)cc2nc1C. The van der Waals surface area contributed by atoms with Crippen LogP contribution in [-0.4, -0.2) is 45.9 Å². The number of likely N-dealkylation sites (tertiary alicyclic amines) is 1. The second-order valence-corrected chi connectivity index (χ2v) is 8.02. The van der Waals surface area contributed by atoms with Crippen molar-refractivity contribution in [2.24, 2.45) is 5.92 Å². The fraction of sp³-hybridized carbons (Fsp3) is 0.545. The van der Waals surface area contributed by atoms with Crippen molar-refractivity contribution >= 4 is 22.9 Å². The molecule has 2 aromatic rings. The molecule has 1 aromatic heterocycles. The Kier molecular flexibility index (Phi) is 5.29. The zero-order valence-corrected chi connectivity index (χ0v) is 16.6. The number of nitrogens with zero attached hydrogens (tertiary/aromatic N) is 3. The normalized spacial score (nSPS) is 22.0. The summed E-state index contributed by atoms with van der Waals surface area (Å²) in [7, 11) is 0. The molecule has 1 aromatic carbocycles. The highest BCUT2D eigenvalue weighted by molar-refractivity contribution is 5.94. The number of esters is 1. The predicted octanol–water partition coefficient (Wildman–Crippen LogP) is 3.58. The van der Waals surface area contributed by atoms with Gasteiger partial charge in [0.25, 0.3) is 5.91 Å². The van der Waals surface area contributed by atoms with Gasteiger partial charge in [0, 0.05) is 12.6 Å². The zero-order chi connectivity index (χ0) is 19.7. The maximum atomic E-state index is 12.7. The van der Waals surface area contributed by atoms with E-state index in [0.717, 1.165) is 36.3 Å². The van der Waals surface area contributed by atoms with Crippen LogP contribution < -0.4 is 0 Å². The number of fused-ring (bicyclic) bond motifs is 2. The first kappa shape index (κ1) is 18.8. The van der Waals surface area contributed by atoms with E-state index in [2.05, 4.69) is 9.97 Å². The van der Waals surface area contributed by atoms with Crippen molar-refractivity contribution in [3.8, 4) is 0 Å². The molecule has 1 saturated carbocycles. The van der Waals surface area contributed by atoms with Crippen LogP contribution in [0.3, 0.4) is 0 Å². The molecule has 1 aliphatic heterocycles. The molecule has 2 fully saturated rings. The van der Waals surface area contributed by atoms with E-state index in [9.17, 15) is 9.59 Å². The van der Waals surface area contributed by atoms with Crippen LogP contribution in [0.15, 0.2) is 18.2 Å². The van der Waals surface area contributed by atoms with Crippen LogP contribution in [0.4, 0.5) is 0 Å². The molecular weight excluding hydrogens is 354 g/mol. The second-order valence-electron chi connectivity index (χ2n) is 8.02. The van der Waals surface area contributed by atoms with E-state index in [-0.39, 0.29) is 12.5 Å². The third kappa shape index (κ3) is 3.73. The first-order valence-corrected chi connectivity index (χ1v) is 10.2. The summed E-state index contributed by atoms with van der Waals surface area (Å²) in [5.74, 6) is 0.0531. The molecule has 1 amide bonds. The van der Waals surface area contributed by atoms with Gasteiger partial charge in [-0.05, 0) is 63.6 Å². The van der Waals surface area contributed by atoms with Gasteiger partial charge in [-0.1, -0.05) is 12.8 Å². The molecule has 1 saturated heterocycles. The number of aryl methyl sites for hydroxylation is 2. The van der Waals surface area contributed by atoms with E-state index in [4.69, 9.17) is 4.74 Å². The fourth-order valence-corrected chi connectivity index (χ4v) is 4.59. The molecule has 0 N–H and O–H groups in total. The van der Waals surface area contributed by atoms with Crippen molar-refractivity contribution in [1.82, 2.24) is 14.9 Å². The standard InChI is InChI=1S/C22H27N3O3/c1-14-15(2)24-19-12-17(9-10-18(19)23-14)22(27)28-13-21(26)25-11-5-7-16-6-3-4-8-20(16)25/h9-10,12,16,20H,3-8,11,13H2,1-2H3/t16-,20+/m1/s1. The lowest BCUT2D eigenvalue weighted by atomic mass is 9.78. The van der Waals surface area contributed by atoms with Crippen molar-refractivity contribution in [2.45, 2.75) is 58.4 Å². The smallest absolute Gasteiger partial charge is 0.338 e. The van der Waals surface area contributed by atoms with E-state index < -0.39 is 5.97 Å². The quantitative estimate of drug-likeness (QED) is 0.760. The number of ether oxygens (including phenoxy) is 1. The molecule has 2 aliphatic rings. The van der Waals surface area contributed by atoms with Crippen LogP contribution in [0.25, 0.3) is 11.0 Å². The minimum atomic E-state index is -0.493. The first-order valence-electron chi connectivity index (χ1n) is 10.2. The molecule has 1 aliphatic carbocycles. The highest BCUT2D eigenvalue weighted by atomic mass is 16.5. The third-order valence-electron chi connectivity index (χ3n) is 6.20. The second kappa shape index (κ2) is 7.86. The Hall–Kier alpha value is -2.50. The average Bonchev–Trinajstić information content (AvgIpc) is 2.72. The van der Waals surface area contributed by atoms with Crippen molar-refractivity contribution in [3.05, 3.63) is 35.2 Å². The monoisotopic (exact) mass is 381 g/mol. The lowest BCUT2D eigenvalue weighted by Gasteiger charge is -2.44. The average molecular weight is 381 g/mol. The Morgan fingerprint density at radius 1 is 1.04 bits per heavy atom. The van der Waals surface area contributed by atoms with Gasteiger partial charge in [0.15, 0.2) is 6.61 Å². The van der Waals surface area contributed by atoms with Gasteiger partial charge in [-0.15, -0.1) is 0 Å². The number of amides is 1. The number of carbonyl (C=O) groups excluding carboxylic acids is 2. The maximum absolute atomic E-state index is 12.7. The van der Waals surface area contributed by atoms with Crippen molar-refractivity contribution < 1.29 is 14.3 Å². The molecule has 0 bridgehead atoms. The molecular formula is C22H27N3O3. The summed E-state index contributed by atoms with van der Waals surface area (Å²) < 4.78 is 5.35. The third-order valence-corrected chi connectivity index (χ3v) is 6.20. The Labute approximate surface area is 165 Å². The number of hydrogen-bond donors (Lipinski definition) is 0. The van der Waals surface area contributed by atoms with Crippen molar-refractivity contribution in [2.75, 3.05) is 13.2 Å². The molecule has 4 rings (SSSR count). The van der Waals surface area contributed by atoms with E-state index in [1.807, 2.05) is 18.7 Å². The number of rotatable bonds is 3. The van der Waals surface area contributed by atoms with Crippen LogP contribution in [-0.2, 0) is 9.53 Å². The minimum Gasteiger partial charge on any atom is -0.452 e. The summed E-state index contributed by atoms with van der Waals surface area (Å²) in [6.45, 7) is 4.38. The van der Waals surface area contributed by atoms with Crippen molar-refractivity contribution in [3.63, 3.8) is 0 Å². The van der Waals surface area contributed by atoms with Gasteiger partial charge in [0.1, 0.15) is 0 Å². The zero-order valence-electron chi connectivity index (χ0n) is 16.6. The van der Waals surface area contributed by atoms with E-state index >= 15 is 0 Å². The van der Waals surface area contributed by atoms with Gasteiger partial charge in [-0.3, -0.25) is 4.79 Å². The number of piperidine rings is 1. The lowest BCUT2D eigenvalue weighted by molar-refractivity contribution is -0.140. The van der Waals surface area contributed by atoms with E-state index in [1.165, 1.54) is 25.7 Å². The topological polar surface area (TPSA) is 72.4 Å². The molecule has 6 nitrogen and oxygen atoms in total. The highest BCUT2D eigenvalue weighted by Crippen LogP contribution is 2.35. The molecule has 2 atom stereocenters. The number of aromatic nitrogens is 2. The number of hydrogen-bond acceptors (Lipinski definition) is 5. The maximum Gasteiger partial charge on any atom is 0.338 e. The van der Waals surface area contributed by atoms with Crippen molar-refractivity contribution in [1.29, 1.82) is 0 Å². The molecule has 0 spiro atoms. The Balaban J connectivity index is 1.41. The summed E-state index contributed by atoms with van der Waals surface area (Å²) in [5.41, 5.74) is 3.50. The predicted molar refractivity (Wildman–Crippen MR) is 106 cm³/mol. The molecule has 0 unspecified atom stereocenters. The minimum absolute atomic E-state index is 0.0722. The van der Waals surface area contributed by atoms with Gasteiger partial charge >= 0.3 is 5.97 Å². The van der Waals surface area contributed by atoms with Crippen LogP contribution in [0.5, 0.6) is 0 Å². The van der Waals surface area contributed by atoms with Crippen LogP contribution in [0.1, 0.15) is 60.3 Å². The summed E-state index contributed by atoms with van der Waals surface area (Å²) in [6.07, 6.45) is 7.00. The summed E-state index contributed by atoms with van der Waals surface area (Å²) in [6, 6.07) is 5.46. The van der Waals surface area contributed by atoms with Gasteiger partial charge in [0.2, 0.25) is 0 Å².